The predicted molar refractivity (Wildman–Crippen MR) is 112 cm³/mol. The first kappa shape index (κ1) is 19.2. The van der Waals surface area contributed by atoms with Crippen LogP contribution in [0.1, 0.15) is 10.4 Å². The van der Waals surface area contributed by atoms with E-state index in [1.165, 1.54) is 35.7 Å². The fraction of sp³-hybridized carbons (Fsp3) is 0. The average Bonchev–Trinajstić information content (AvgIpc) is 3.19. The second-order valence-electron chi connectivity index (χ2n) is 5.77. The molecule has 0 saturated carbocycles. The smallest absolute Gasteiger partial charge is 0.262 e. The van der Waals surface area contributed by atoms with Crippen molar-refractivity contribution in [1.29, 1.82) is 0 Å². The number of amides is 1. The first-order valence-electron chi connectivity index (χ1n) is 8.38. The Morgan fingerprint density at radius 3 is 2.69 bits per heavy atom. The maximum Gasteiger partial charge on any atom is 0.262 e. The molecule has 9 heteroatoms. The van der Waals surface area contributed by atoms with Crippen molar-refractivity contribution >= 4 is 38.3 Å². The highest BCUT2D eigenvalue weighted by Gasteiger charge is 2.17. The van der Waals surface area contributed by atoms with Crippen molar-refractivity contribution in [3.8, 4) is 22.2 Å². The van der Waals surface area contributed by atoms with Crippen LogP contribution in [0.4, 0.5) is 9.52 Å². The summed E-state index contributed by atoms with van der Waals surface area (Å²) in [5, 5.41) is 11.9. The molecule has 0 aliphatic heterocycles. The summed E-state index contributed by atoms with van der Waals surface area (Å²) in [5.41, 5.74) is 1.12. The predicted octanol–water partition coefficient (Wildman–Crippen LogP) is 5.55. The Kier molecular flexibility index (Phi) is 5.59. The van der Waals surface area contributed by atoms with Crippen molar-refractivity contribution in [2.45, 2.75) is 0 Å². The van der Waals surface area contributed by atoms with Crippen LogP contribution in [0.25, 0.3) is 10.6 Å². The monoisotopic (exact) mass is 470 g/mol. The van der Waals surface area contributed by atoms with E-state index in [2.05, 4.69) is 36.4 Å². The number of benzene rings is 2. The summed E-state index contributed by atoms with van der Waals surface area (Å²) in [5.74, 6) is -0.428. The highest BCUT2D eigenvalue weighted by Crippen LogP contribution is 2.31. The van der Waals surface area contributed by atoms with Gasteiger partial charge in [-0.3, -0.25) is 10.1 Å². The lowest BCUT2D eigenvalue weighted by atomic mass is 10.2. The van der Waals surface area contributed by atoms with Gasteiger partial charge in [-0.05, 0) is 46.3 Å². The van der Waals surface area contributed by atoms with Crippen LogP contribution in [-0.4, -0.2) is 21.1 Å². The van der Waals surface area contributed by atoms with Crippen LogP contribution in [-0.2, 0) is 0 Å². The number of hydrogen-bond donors (Lipinski definition) is 1. The number of ether oxygens (including phenoxy) is 1. The molecule has 29 heavy (non-hydrogen) atoms. The summed E-state index contributed by atoms with van der Waals surface area (Å²) in [6.07, 6.45) is 1.50. The maximum absolute atomic E-state index is 13.3. The first-order chi connectivity index (χ1) is 14.1. The van der Waals surface area contributed by atoms with Crippen molar-refractivity contribution in [3.05, 3.63) is 82.7 Å². The summed E-state index contributed by atoms with van der Waals surface area (Å²) in [7, 11) is 0. The van der Waals surface area contributed by atoms with Crippen LogP contribution in [0.2, 0.25) is 0 Å². The van der Waals surface area contributed by atoms with Crippen LogP contribution in [0, 0.1) is 5.82 Å². The molecule has 0 fully saturated rings. The van der Waals surface area contributed by atoms with Gasteiger partial charge in [0, 0.05) is 11.8 Å². The summed E-state index contributed by atoms with van der Waals surface area (Å²) >= 11 is 4.49. The van der Waals surface area contributed by atoms with Crippen LogP contribution in [0.15, 0.2) is 71.3 Å². The molecular formula is C20H12BrFN4O2S. The van der Waals surface area contributed by atoms with E-state index in [1.54, 1.807) is 12.1 Å². The average molecular weight is 471 g/mol. The third-order valence-electron chi connectivity index (χ3n) is 3.78. The SMILES string of the molecule is O=C(Nc1nnc(-c2ccccc2)s1)c1cccnc1Oc1ccc(F)cc1Br. The zero-order valence-electron chi connectivity index (χ0n) is 14.7. The number of carbonyl (C=O) groups is 1. The largest absolute Gasteiger partial charge is 0.437 e. The van der Waals surface area contributed by atoms with E-state index in [-0.39, 0.29) is 11.4 Å². The normalized spacial score (nSPS) is 10.6. The minimum Gasteiger partial charge on any atom is -0.437 e. The Bertz CT molecular complexity index is 1170. The topological polar surface area (TPSA) is 77.0 Å². The molecule has 0 bridgehead atoms. The fourth-order valence-electron chi connectivity index (χ4n) is 2.44. The minimum absolute atomic E-state index is 0.0881. The van der Waals surface area contributed by atoms with Crippen LogP contribution in [0.3, 0.4) is 0 Å². The lowest BCUT2D eigenvalue weighted by Gasteiger charge is -2.10. The van der Waals surface area contributed by atoms with Crippen LogP contribution < -0.4 is 10.1 Å². The number of halogens is 2. The lowest BCUT2D eigenvalue weighted by Crippen LogP contribution is -2.13. The van der Waals surface area contributed by atoms with Crippen LogP contribution >= 0.6 is 27.3 Å². The van der Waals surface area contributed by atoms with Gasteiger partial charge in [0.15, 0.2) is 0 Å². The van der Waals surface area contributed by atoms with Gasteiger partial charge in [0.05, 0.1) is 4.47 Å². The molecule has 0 atom stereocenters. The number of pyridine rings is 1. The molecule has 0 radical (unpaired) electrons. The zero-order valence-corrected chi connectivity index (χ0v) is 17.1. The van der Waals surface area contributed by atoms with Gasteiger partial charge in [-0.15, -0.1) is 10.2 Å². The van der Waals surface area contributed by atoms with Crippen molar-refractivity contribution in [1.82, 2.24) is 15.2 Å². The molecule has 0 aliphatic rings. The highest BCUT2D eigenvalue weighted by molar-refractivity contribution is 9.10. The fourth-order valence-corrected chi connectivity index (χ4v) is 3.62. The van der Waals surface area contributed by atoms with Gasteiger partial charge in [0.1, 0.15) is 22.1 Å². The van der Waals surface area contributed by atoms with Gasteiger partial charge in [-0.2, -0.15) is 0 Å². The summed E-state index contributed by atoms with van der Waals surface area (Å²) in [6.45, 7) is 0. The summed E-state index contributed by atoms with van der Waals surface area (Å²) in [4.78, 5) is 16.9. The number of carbonyl (C=O) groups excluding carboxylic acids is 1. The van der Waals surface area contributed by atoms with E-state index >= 15 is 0 Å². The molecule has 1 N–H and O–H groups in total. The molecule has 0 saturated heterocycles. The molecule has 2 aromatic heterocycles. The third-order valence-corrected chi connectivity index (χ3v) is 5.29. The molecule has 2 heterocycles. The molecule has 4 rings (SSSR count). The molecule has 0 unspecified atom stereocenters. The standard InChI is InChI=1S/C20H12BrFN4O2S/c21-15-11-13(22)8-9-16(15)28-18-14(7-4-10-23-18)17(27)24-20-26-25-19(29-20)12-5-2-1-3-6-12/h1-11H,(H,24,26,27). The maximum atomic E-state index is 13.3. The van der Waals surface area contributed by atoms with Crippen molar-refractivity contribution in [3.63, 3.8) is 0 Å². The molecule has 1 amide bonds. The number of nitrogens with one attached hydrogen (secondary N) is 1. The van der Waals surface area contributed by atoms with Gasteiger partial charge in [0.2, 0.25) is 11.0 Å². The number of nitrogens with zero attached hydrogens (tertiary/aromatic N) is 3. The van der Waals surface area contributed by atoms with E-state index < -0.39 is 11.7 Å². The van der Waals surface area contributed by atoms with Crippen molar-refractivity contribution < 1.29 is 13.9 Å². The van der Waals surface area contributed by atoms with E-state index in [4.69, 9.17) is 4.74 Å². The molecule has 2 aromatic carbocycles. The van der Waals surface area contributed by atoms with E-state index in [0.717, 1.165) is 5.56 Å². The van der Waals surface area contributed by atoms with E-state index in [0.29, 0.717) is 20.4 Å². The summed E-state index contributed by atoms with van der Waals surface area (Å²) in [6, 6.07) is 16.7. The van der Waals surface area contributed by atoms with E-state index in [9.17, 15) is 9.18 Å². The van der Waals surface area contributed by atoms with Gasteiger partial charge < -0.3 is 4.74 Å². The third kappa shape index (κ3) is 4.47. The molecule has 0 spiro atoms. The van der Waals surface area contributed by atoms with Crippen molar-refractivity contribution in [2.24, 2.45) is 0 Å². The van der Waals surface area contributed by atoms with Gasteiger partial charge >= 0.3 is 0 Å². The Morgan fingerprint density at radius 2 is 1.90 bits per heavy atom. The Labute approximate surface area is 177 Å². The van der Waals surface area contributed by atoms with Gasteiger partial charge in [-0.1, -0.05) is 41.7 Å². The Balaban J connectivity index is 1.55. The van der Waals surface area contributed by atoms with Gasteiger partial charge in [-0.25, -0.2) is 9.37 Å². The first-order valence-corrected chi connectivity index (χ1v) is 9.99. The lowest BCUT2D eigenvalue weighted by molar-refractivity contribution is 0.102. The number of anilines is 1. The molecule has 0 aliphatic carbocycles. The molecule has 6 nitrogen and oxygen atoms in total. The molecule has 4 aromatic rings. The molecule has 144 valence electrons. The number of aromatic nitrogens is 3. The minimum atomic E-state index is -0.443. The van der Waals surface area contributed by atoms with Gasteiger partial charge in [0.25, 0.3) is 5.91 Å². The second-order valence-corrected chi connectivity index (χ2v) is 7.60. The Hall–Kier alpha value is -3.17. The van der Waals surface area contributed by atoms with E-state index in [1.807, 2.05) is 30.3 Å². The molecular weight excluding hydrogens is 459 g/mol. The number of hydrogen-bond acceptors (Lipinski definition) is 6. The highest BCUT2D eigenvalue weighted by atomic mass is 79.9. The zero-order chi connectivity index (χ0) is 20.2. The quantitative estimate of drug-likeness (QED) is 0.413. The van der Waals surface area contributed by atoms with Crippen LogP contribution in [0.5, 0.6) is 11.6 Å². The Morgan fingerprint density at radius 1 is 1.07 bits per heavy atom. The van der Waals surface area contributed by atoms with Crippen molar-refractivity contribution in [2.75, 3.05) is 5.32 Å². The number of rotatable bonds is 5. The second kappa shape index (κ2) is 8.46. The summed E-state index contributed by atoms with van der Waals surface area (Å²) < 4.78 is 19.4.